The summed E-state index contributed by atoms with van der Waals surface area (Å²) in [4.78, 5) is 37.1. The number of likely N-dealkylation sites (tertiary alicyclic amines) is 1. The van der Waals surface area contributed by atoms with Crippen LogP contribution in [0.5, 0.6) is 0 Å². The fraction of sp³-hybridized carbons (Fsp3) is 0.150. The molecular weight excluding hydrogens is 353 g/mol. The molecule has 1 saturated heterocycles. The number of carboxylic acids is 1. The number of aliphatic carboxylic acids is 1. The normalized spacial score (nSPS) is 18.7. The molecule has 0 aliphatic carbocycles. The third-order valence-corrected chi connectivity index (χ3v) is 4.34. The minimum atomic E-state index is -1.13. The summed E-state index contributed by atoms with van der Waals surface area (Å²) in [5.41, 5.74) is 0.600. The first-order valence-electron chi connectivity index (χ1n) is 8.21. The Labute approximate surface area is 154 Å². The van der Waals surface area contributed by atoms with Crippen molar-refractivity contribution >= 4 is 23.4 Å². The zero-order chi connectivity index (χ0) is 19.6. The average molecular weight is 369 g/mol. The summed E-state index contributed by atoms with van der Waals surface area (Å²) in [6, 6.07) is 12.4. The van der Waals surface area contributed by atoms with Gasteiger partial charge in [-0.2, -0.15) is 0 Å². The molecule has 138 valence electrons. The number of nitrogens with zero attached hydrogens (tertiary/aromatic N) is 1. The van der Waals surface area contributed by atoms with Gasteiger partial charge in [-0.3, -0.25) is 14.4 Å². The van der Waals surface area contributed by atoms with E-state index in [4.69, 9.17) is 5.11 Å². The molecule has 1 atom stereocenters. The largest absolute Gasteiger partial charge is 0.507 e. The van der Waals surface area contributed by atoms with Crippen molar-refractivity contribution in [1.82, 2.24) is 4.90 Å². The number of ketones is 1. The van der Waals surface area contributed by atoms with Crippen LogP contribution in [0.15, 0.2) is 60.2 Å². The third kappa shape index (κ3) is 3.57. The molecule has 3 rings (SSSR count). The van der Waals surface area contributed by atoms with Gasteiger partial charge in [0, 0.05) is 12.1 Å². The molecule has 1 aliphatic rings. The molecular formula is C20H16FNO5. The van der Waals surface area contributed by atoms with E-state index in [1.165, 1.54) is 24.3 Å². The van der Waals surface area contributed by atoms with Gasteiger partial charge in [0.1, 0.15) is 11.6 Å². The lowest BCUT2D eigenvalue weighted by Gasteiger charge is -2.24. The van der Waals surface area contributed by atoms with Crippen LogP contribution in [0.2, 0.25) is 0 Å². The summed E-state index contributed by atoms with van der Waals surface area (Å²) in [5.74, 6) is -3.79. The number of hydrogen-bond donors (Lipinski definition) is 2. The third-order valence-electron chi connectivity index (χ3n) is 4.34. The number of benzene rings is 2. The minimum absolute atomic E-state index is 0.150. The molecule has 1 heterocycles. The molecule has 1 aliphatic heterocycles. The van der Waals surface area contributed by atoms with Crippen molar-refractivity contribution < 1.29 is 29.0 Å². The lowest BCUT2D eigenvalue weighted by atomic mass is 9.95. The molecule has 7 heteroatoms. The van der Waals surface area contributed by atoms with Crippen molar-refractivity contribution in [3.63, 3.8) is 0 Å². The van der Waals surface area contributed by atoms with E-state index in [1.54, 1.807) is 30.3 Å². The molecule has 2 aromatic carbocycles. The molecule has 1 fully saturated rings. The summed E-state index contributed by atoms with van der Waals surface area (Å²) in [5, 5.41) is 19.6. The van der Waals surface area contributed by atoms with Crippen molar-refractivity contribution in [2.45, 2.75) is 12.5 Å². The second-order valence-electron chi connectivity index (χ2n) is 6.05. The predicted octanol–water partition coefficient (Wildman–Crippen LogP) is 2.72. The maximum absolute atomic E-state index is 13.3. The zero-order valence-electron chi connectivity index (χ0n) is 14.1. The van der Waals surface area contributed by atoms with Crippen LogP contribution in [-0.2, 0) is 14.4 Å². The van der Waals surface area contributed by atoms with Crippen molar-refractivity contribution in [2.24, 2.45) is 0 Å². The van der Waals surface area contributed by atoms with E-state index in [0.29, 0.717) is 11.1 Å². The summed E-state index contributed by atoms with van der Waals surface area (Å²) in [6.07, 6.45) is -0.365. The molecule has 0 saturated carbocycles. The van der Waals surface area contributed by atoms with Gasteiger partial charge in [0.25, 0.3) is 11.7 Å². The van der Waals surface area contributed by atoms with Crippen LogP contribution in [0.4, 0.5) is 4.39 Å². The number of hydrogen-bond acceptors (Lipinski definition) is 4. The number of carbonyl (C=O) groups excluding carboxylic acids is 2. The second kappa shape index (κ2) is 7.41. The Bertz CT molecular complexity index is 921. The first-order chi connectivity index (χ1) is 12.9. The van der Waals surface area contributed by atoms with Gasteiger partial charge >= 0.3 is 5.97 Å². The predicted molar refractivity (Wildman–Crippen MR) is 94.1 cm³/mol. The van der Waals surface area contributed by atoms with E-state index in [2.05, 4.69) is 0 Å². The number of aliphatic hydroxyl groups is 1. The van der Waals surface area contributed by atoms with E-state index < -0.39 is 29.5 Å². The van der Waals surface area contributed by atoms with Gasteiger partial charge in [-0.25, -0.2) is 4.39 Å². The first-order valence-corrected chi connectivity index (χ1v) is 8.21. The van der Waals surface area contributed by atoms with Crippen LogP contribution < -0.4 is 0 Å². The maximum atomic E-state index is 13.3. The van der Waals surface area contributed by atoms with Crippen molar-refractivity contribution in [3.05, 3.63) is 77.1 Å². The Hall–Kier alpha value is -3.48. The van der Waals surface area contributed by atoms with Gasteiger partial charge in [0.15, 0.2) is 0 Å². The molecule has 0 bridgehead atoms. The Morgan fingerprint density at radius 3 is 2.22 bits per heavy atom. The summed E-state index contributed by atoms with van der Waals surface area (Å²) in [6.45, 7) is -0.215. The molecule has 0 unspecified atom stereocenters. The van der Waals surface area contributed by atoms with E-state index >= 15 is 0 Å². The molecule has 0 aromatic heterocycles. The van der Waals surface area contributed by atoms with Gasteiger partial charge in [0.05, 0.1) is 18.0 Å². The number of carboxylic acid groups (broad SMARTS) is 1. The highest BCUT2D eigenvalue weighted by Gasteiger charge is 2.46. The van der Waals surface area contributed by atoms with Gasteiger partial charge in [-0.15, -0.1) is 0 Å². The molecule has 1 amide bonds. The molecule has 2 aromatic rings. The molecule has 0 radical (unpaired) electrons. The van der Waals surface area contributed by atoms with Crippen LogP contribution in [0.1, 0.15) is 23.6 Å². The number of Topliss-reactive ketones (excluding diaryl/α,β-unsaturated/α-hetero) is 1. The van der Waals surface area contributed by atoms with Gasteiger partial charge in [-0.05, 0) is 17.7 Å². The lowest BCUT2D eigenvalue weighted by molar-refractivity contribution is -0.142. The number of rotatable bonds is 5. The highest BCUT2D eigenvalue weighted by molar-refractivity contribution is 6.46. The topological polar surface area (TPSA) is 94.9 Å². The number of halogens is 1. The second-order valence-corrected chi connectivity index (χ2v) is 6.05. The van der Waals surface area contributed by atoms with E-state index in [1.807, 2.05) is 0 Å². The molecule has 27 heavy (non-hydrogen) atoms. The Morgan fingerprint density at radius 2 is 1.63 bits per heavy atom. The minimum Gasteiger partial charge on any atom is -0.507 e. The summed E-state index contributed by atoms with van der Waals surface area (Å²) < 4.78 is 13.3. The van der Waals surface area contributed by atoms with Crippen molar-refractivity contribution in [2.75, 3.05) is 6.54 Å². The Kier molecular flexibility index (Phi) is 5.03. The average Bonchev–Trinajstić information content (AvgIpc) is 2.91. The standard InChI is InChI=1S/C20H16FNO5/c21-14-8-6-12(7-9-14)17-16(18(25)13-4-2-1-3-5-13)19(26)20(27)22(17)11-10-15(23)24/h1-9,17,25H,10-11H2,(H,23,24)/t17-/m0/s1. The zero-order valence-corrected chi connectivity index (χ0v) is 14.1. The molecule has 0 spiro atoms. The van der Waals surface area contributed by atoms with Crippen molar-refractivity contribution in [1.29, 1.82) is 0 Å². The number of carbonyl (C=O) groups is 3. The SMILES string of the molecule is O=C(O)CCN1C(=O)C(=O)C(=C(O)c2ccccc2)[C@@H]1c1ccc(F)cc1. The Morgan fingerprint density at radius 1 is 1.00 bits per heavy atom. The van der Waals surface area contributed by atoms with Crippen LogP contribution in [-0.4, -0.2) is 39.3 Å². The first kappa shape index (κ1) is 18.3. The fourth-order valence-corrected chi connectivity index (χ4v) is 3.07. The Balaban J connectivity index is 2.14. The molecule has 2 N–H and O–H groups in total. The quantitative estimate of drug-likeness (QED) is 0.480. The van der Waals surface area contributed by atoms with E-state index in [-0.39, 0.29) is 24.3 Å². The van der Waals surface area contributed by atoms with Crippen LogP contribution in [0.3, 0.4) is 0 Å². The summed E-state index contributed by atoms with van der Waals surface area (Å²) in [7, 11) is 0. The van der Waals surface area contributed by atoms with Gasteiger partial charge in [-0.1, -0.05) is 42.5 Å². The van der Waals surface area contributed by atoms with Crippen LogP contribution in [0.25, 0.3) is 5.76 Å². The fourth-order valence-electron chi connectivity index (χ4n) is 3.07. The summed E-state index contributed by atoms with van der Waals surface area (Å²) >= 11 is 0. The monoisotopic (exact) mass is 369 g/mol. The highest BCUT2D eigenvalue weighted by atomic mass is 19.1. The lowest BCUT2D eigenvalue weighted by Crippen LogP contribution is -2.31. The maximum Gasteiger partial charge on any atom is 0.305 e. The van der Waals surface area contributed by atoms with Crippen molar-refractivity contribution in [3.8, 4) is 0 Å². The van der Waals surface area contributed by atoms with Crippen LogP contribution >= 0.6 is 0 Å². The highest BCUT2D eigenvalue weighted by Crippen LogP contribution is 2.39. The smallest absolute Gasteiger partial charge is 0.305 e. The van der Waals surface area contributed by atoms with Crippen LogP contribution in [0, 0.1) is 5.82 Å². The number of aliphatic hydroxyl groups excluding tert-OH is 1. The number of amides is 1. The van der Waals surface area contributed by atoms with Gasteiger partial charge < -0.3 is 15.1 Å². The molecule has 6 nitrogen and oxygen atoms in total. The van der Waals surface area contributed by atoms with E-state index in [0.717, 1.165) is 4.90 Å². The van der Waals surface area contributed by atoms with E-state index in [9.17, 15) is 23.9 Å². The van der Waals surface area contributed by atoms with Gasteiger partial charge in [0.2, 0.25) is 0 Å².